The molecule has 1 heterocycles. The minimum absolute atomic E-state index is 0.0826. The van der Waals surface area contributed by atoms with Crippen LogP contribution >= 0.6 is 11.8 Å². The number of aliphatic hydroxyl groups excluding tert-OH is 1. The van der Waals surface area contributed by atoms with Crippen LogP contribution in [-0.2, 0) is 4.74 Å². The second kappa shape index (κ2) is 5.97. The molecule has 1 rings (SSSR count). The summed E-state index contributed by atoms with van der Waals surface area (Å²) >= 11 is 1.44. The summed E-state index contributed by atoms with van der Waals surface area (Å²) in [5, 5.41) is 8.91. The highest BCUT2D eigenvalue weighted by atomic mass is 32.2. The van der Waals surface area contributed by atoms with Crippen LogP contribution < -0.4 is 11.5 Å². The summed E-state index contributed by atoms with van der Waals surface area (Å²) in [5.74, 6) is 0.571. The standard InChI is InChI=1S/C9H17N3O3S/c1-2-6(10)3-12(9(11)14)7-5-16-8(4-13)15-7/h3,7-8,13H,2,4-5,10H2,1H3,(H2,11,14)/b6-3-/t7-,8?/m1/s1. The molecule has 1 fully saturated rings. The number of carbonyl (C=O) groups is 1. The fourth-order valence-electron chi connectivity index (χ4n) is 1.24. The molecule has 2 atom stereocenters. The summed E-state index contributed by atoms with van der Waals surface area (Å²) in [5.41, 5.74) is 11.1. The van der Waals surface area contributed by atoms with E-state index in [0.29, 0.717) is 17.9 Å². The third-order valence-electron chi connectivity index (χ3n) is 2.16. The molecule has 1 saturated heterocycles. The minimum Gasteiger partial charge on any atom is -0.401 e. The number of aliphatic hydroxyl groups is 1. The lowest BCUT2D eigenvalue weighted by molar-refractivity contribution is -0.0195. The normalized spacial score (nSPS) is 25.8. The molecule has 0 aromatic heterocycles. The van der Waals surface area contributed by atoms with E-state index in [1.807, 2.05) is 6.92 Å². The molecule has 7 heteroatoms. The zero-order chi connectivity index (χ0) is 12.1. The maximum Gasteiger partial charge on any atom is 0.321 e. The van der Waals surface area contributed by atoms with Crippen LogP contribution in [0.1, 0.15) is 13.3 Å². The second-order valence-electron chi connectivity index (χ2n) is 3.34. The van der Waals surface area contributed by atoms with Gasteiger partial charge in [-0.1, -0.05) is 6.92 Å². The van der Waals surface area contributed by atoms with Gasteiger partial charge >= 0.3 is 6.03 Å². The summed E-state index contributed by atoms with van der Waals surface area (Å²) in [6, 6.07) is -0.611. The van der Waals surface area contributed by atoms with Crippen molar-refractivity contribution < 1.29 is 14.6 Å². The van der Waals surface area contributed by atoms with Crippen molar-refractivity contribution in [2.75, 3.05) is 12.4 Å². The van der Waals surface area contributed by atoms with Gasteiger partial charge in [0, 0.05) is 17.6 Å². The minimum atomic E-state index is -0.611. The first-order valence-electron chi connectivity index (χ1n) is 5.00. The molecule has 5 N–H and O–H groups in total. The lowest BCUT2D eigenvalue weighted by Crippen LogP contribution is -2.42. The molecule has 16 heavy (non-hydrogen) atoms. The van der Waals surface area contributed by atoms with Gasteiger partial charge in [0.05, 0.1) is 6.61 Å². The summed E-state index contributed by atoms with van der Waals surface area (Å²) in [7, 11) is 0. The van der Waals surface area contributed by atoms with E-state index in [1.54, 1.807) is 0 Å². The summed E-state index contributed by atoms with van der Waals surface area (Å²) in [6.07, 6.45) is 1.67. The second-order valence-corrected chi connectivity index (χ2v) is 4.53. The number of hydrogen-bond donors (Lipinski definition) is 3. The topological polar surface area (TPSA) is 102 Å². The van der Waals surface area contributed by atoms with Gasteiger partial charge in [0.2, 0.25) is 0 Å². The lowest BCUT2D eigenvalue weighted by Gasteiger charge is -2.23. The predicted molar refractivity (Wildman–Crippen MR) is 62.2 cm³/mol. The SMILES string of the molecule is CC/C(N)=C/N(C(N)=O)[C@H]1CSC(CO)O1. The Balaban J connectivity index is 2.68. The van der Waals surface area contributed by atoms with Crippen LogP contribution in [0.15, 0.2) is 11.9 Å². The number of ether oxygens (including phenoxy) is 1. The number of urea groups is 1. The number of carbonyl (C=O) groups excluding carboxylic acids is 1. The largest absolute Gasteiger partial charge is 0.401 e. The summed E-state index contributed by atoms with van der Waals surface area (Å²) < 4.78 is 5.42. The van der Waals surface area contributed by atoms with Crippen molar-refractivity contribution in [2.24, 2.45) is 11.5 Å². The number of allylic oxidation sites excluding steroid dienone is 1. The lowest BCUT2D eigenvalue weighted by atomic mass is 10.3. The molecule has 0 radical (unpaired) electrons. The molecule has 92 valence electrons. The first-order chi connectivity index (χ1) is 7.58. The molecular weight excluding hydrogens is 230 g/mol. The number of nitrogens with zero attached hydrogens (tertiary/aromatic N) is 1. The van der Waals surface area contributed by atoms with E-state index >= 15 is 0 Å². The quantitative estimate of drug-likeness (QED) is 0.648. The van der Waals surface area contributed by atoms with E-state index in [2.05, 4.69) is 0 Å². The van der Waals surface area contributed by atoms with Gasteiger partial charge in [0.15, 0.2) is 0 Å². The first kappa shape index (κ1) is 13.1. The first-order valence-corrected chi connectivity index (χ1v) is 6.05. The smallest absolute Gasteiger partial charge is 0.321 e. The Bertz CT molecular complexity index is 285. The Labute approximate surface area is 98.6 Å². The molecule has 0 spiro atoms. The summed E-state index contributed by atoms with van der Waals surface area (Å²) in [6.45, 7) is 1.80. The molecule has 0 aromatic rings. The van der Waals surface area contributed by atoms with Gasteiger partial charge in [0.1, 0.15) is 11.7 Å². The molecule has 0 bridgehead atoms. The zero-order valence-electron chi connectivity index (χ0n) is 9.13. The van der Waals surface area contributed by atoms with Crippen molar-refractivity contribution in [1.82, 2.24) is 4.90 Å². The highest BCUT2D eigenvalue weighted by Crippen LogP contribution is 2.27. The van der Waals surface area contributed by atoms with E-state index in [4.69, 9.17) is 21.3 Å². The molecule has 1 unspecified atom stereocenters. The van der Waals surface area contributed by atoms with Crippen molar-refractivity contribution in [1.29, 1.82) is 0 Å². The highest BCUT2D eigenvalue weighted by Gasteiger charge is 2.31. The average molecular weight is 247 g/mol. The van der Waals surface area contributed by atoms with E-state index < -0.39 is 12.3 Å². The number of primary amides is 1. The number of hydrogen-bond acceptors (Lipinski definition) is 5. The number of rotatable bonds is 4. The van der Waals surface area contributed by atoms with Gasteiger partial charge in [-0.2, -0.15) is 0 Å². The Morgan fingerprint density at radius 3 is 2.81 bits per heavy atom. The van der Waals surface area contributed by atoms with Gasteiger partial charge < -0.3 is 21.3 Å². The molecule has 0 aromatic carbocycles. The Morgan fingerprint density at radius 2 is 2.38 bits per heavy atom. The summed E-state index contributed by atoms with van der Waals surface area (Å²) in [4.78, 5) is 12.5. The van der Waals surface area contributed by atoms with E-state index in [0.717, 1.165) is 0 Å². The van der Waals surface area contributed by atoms with Gasteiger partial charge in [-0.25, -0.2) is 4.79 Å². The third kappa shape index (κ3) is 3.29. The van der Waals surface area contributed by atoms with Gasteiger partial charge in [-0.05, 0) is 6.42 Å². The Kier molecular flexibility index (Phi) is 4.91. The van der Waals surface area contributed by atoms with Gasteiger partial charge in [-0.15, -0.1) is 11.8 Å². The molecular formula is C9H17N3O3S. The molecule has 0 saturated carbocycles. The predicted octanol–water partition coefficient (Wildman–Crippen LogP) is -0.0149. The molecule has 1 aliphatic heterocycles. The molecule has 2 amide bonds. The van der Waals surface area contributed by atoms with Gasteiger partial charge in [-0.3, -0.25) is 4.90 Å². The molecule has 0 aliphatic carbocycles. The molecule has 6 nitrogen and oxygen atoms in total. The van der Waals surface area contributed by atoms with Crippen LogP contribution in [0.3, 0.4) is 0 Å². The monoisotopic (exact) mass is 247 g/mol. The highest BCUT2D eigenvalue weighted by molar-refractivity contribution is 8.00. The van der Waals surface area contributed by atoms with E-state index in [9.17, 15) is 4.79 Å². The van der Waals surface area contributed by atoms with Crippen molar-refractivity contribution in [3.63, 3.8) is 0 Å². The van der Waals surface area contributed by atoms with Crippen LogP contribution in [0, 0.1) is 0 Å². The number of thioether (sulfide) groups is 1. The third-order valence-corrected chi connectivity index (χ3v) is 3.27. The van der Waals surface area contributed by atoms with Crippen molar-refractivity contribution in [3.8, 4) is 0 Å². The van der Waals surface area contributed by atoms with Crippen LogP contribution in [0.4, 0.5) is 4.79 Å². The maximum atomic E-state index is 11.2. The van der Waals surface area contributed by atoms with Crippen molar-refractivity contribution >= 4 is 17.8 Å². The van der Waals surface area contributed by atoms with Crippen LogP contribution in [0.5, 0.6) is 0 Å². The van der Waals surface area contributed by atoms with Crippen LogP contribution in [0.25, 0.3) is 0 Å². The maximum absolute atomic E-state index is 11.2. The fraction of sp³-hybridized carbons (Fsp3) is 0.667. The number of amides is 2. The van der Waals surface area contributed by atoms with Crippen LogP contribution in [0.2, 0.25) is 0 Å². The Morgan fingerprint density at radius 1 is 1.69 bits per heavy atom. The van der Waals surface area contributed by atoms with E-state index in [-0.39, 0.29) is 12.0 Å². The van der Waals surface area contributed by atoms with Gasteiger partial charge in [0.25, 0.3) is 0 Å². The molecule has 1 aliphatic rings. The Hall–Kier alpha value is -0.920. The van der Waals surface area contributed by atoms with Crippen molar-refractivity contribution in [2.45, 2.75) is 25.0 Å². The fourth-order valence-corrected chi connectivity index (χ4v) is 2.17. The van der Waals surface area contributed by atoms with E-state index in [1.165, 1.54) is 22.9 Å². The zero-order valence-corrected chi connectivity index (χ0v) is 9.94. The number of nitrogens with two attached hydrogens (primary N) is 2. The van der Waals surface area contributed by atoms with Crippen molar-refractivity contribution in [3.05, 3.63) is 11.9 Å². The average Bonchev–Trinajstić information content (AvgIpc) is 2.73. The van der Waals surface area contributed by atoms with Crippen LogP contribution in [-0.4, -0.2) is 40.1 Å².